The van der Waals surface area contributed by atoms with Gasteiger partial charge in [-0.3, -0.25) is 4.79 Å². The molecular weight excluding hydrogens is 250 g/mol. The third-order valence-corrected chi connectivity index (χ3v) is 3.54. The standard InChI is InChI=1S/C12H17N3O4/c1-7(9(16)18-4)15(3)11(17)12(5-6-12)10-14-13-8(2)19-10/h7H,5-6H2,1-4H3/t7-/m1/s1. The van der Waals surface area contributed by atoms with Crippen LogP contribution >= 0.6 is 0 Å². The van der Waals surface area contributed by atoms with Gasteiger partial charge in [-0.25, -0.2) is 4.79 Å². The molecular formula is C12H17N3O4. The van der Waals surface area contributed by atoms with Crippen LogP contribution in [0.4, 0.5) is 0 Å². The lowest BCUT2D eigenvalue weighted by atomic mass is 10.0. The van der Waals surface area contributed by atoms with Gasteiger partial charge in [0.2, 0.25) is 17.7 Å². The molecule has 1 aromatic heterocycles. The van der Waals surface area contributed by atoms with E-state index in [1.807, 2.05) is 0 Å². The third-order valence-electron chi connectivity index (χ3n) is 3.54. The zero-order valence-electron chi connectivity index (χ0n) is 11.5. The number of likely N-dealkylation sites (N-methyl/N-ethyl adjacent to an activating group) is 1. The van der Waals surface area contributed by atoms with Crippen LogP contribution in [-0.4, -0.2) is 47.2 Å². The van der Waals surface area contributed by atoms with Crippen molar-refractivity contribution in [2.75, 3.05) is 14.2 Å². The largest absolute Gasteiger partial charge is 0.467 e. The smallest absolute Gasteiger partial charge is 0.328 e. The first kappa shape index (κ1) is 13.5. The molecule has 1 aromatic rings. The molecule has 1 heterocycles. The van der Waals surface area contributed by atoms with Crippen molar-refractivity contribution in [2.45, 2.75) is 38.1 Å². The Morgan fingerprint density at radius 2 is 2.05 bits per heavy atom. The highest BCUT2D eigenvalue weighted by molar-refractivity contribution is 5.93. The molecule has 0 radical (unpaired) electrons. The Kier molecular flexibility index (Phi) is 3.30. The topological polar surface area (TPSA) is 85.5 Å². The Balaban J connectivity index is 2.18. The summed E-state index contributed by atoms with van der Waals surface area (Å²) in [6.45, 7) is 3.30. The highest BCUT2D eigenvalue weighted by Gasteiger charge is 2.57. The fourth-order valence-corrected chi connectivity index (χ4v) is 1.98. The Labute approximate surface area is 110 Å². The summed E-state index contributed by atoms with van der Waals surface area (Å²) < 4.78 is 10.0. The van der Waals surface area contributed by atoms with Gasteiger partial charge < -0.3 is 14.1 Å². The van der Waals surface area contributed by atoms with Gasteiger partial charge in [-0.15, -0.1) is 10.2 Å². The highest BCUT2D eigenvalue weighted by atomic mass is 16.5. The van der Waals surface area contributed by atoms with Gasteiger partial charge in [0.05, 0.1) is 7.11 Å². The number of nitrogens with zero attached hydrogens (tertiary/aromatic N) is 3. The number of rotatable bonds is 4. The predicted molar refractivity (Wildman–Crippen MR) is 64.2 cm³/mol. The van der Waals surface area contributed by atoms with Crippen LogP contribution in [0, 0.1) is 6.92 Å². The lowest BCUT2D eigenvalue weighted by molar-refractivity contribution is -0.152. The van der Waals surface area contributed by atoms with Gasteiger partial charge in [-0.1, -0.05) is 0 Å². The maximum absolute atomic E-state index is 12.5. The van der Waals surface area contributed by atoms with E-state index in [9.17, 15) is 9.59 Å². The molecule has 0 saturated heterocycles. The fourth-order valence-electron chi connectivity index (χ4n) is 1.98. The van der Waals surface area contributed by atoms with E-state index in [0.717, 1.165) is 0 Å². The van der Waals surface area contributed by atoms with E-state index in [2.05, 4.69) is 14.9 Å². The quantitative estimate of drug-likeness (QED) is 0.735. The molecule has 0 aromatic carbocycles. The van der Waals surface area contributed by atoms with Crippen molar-refractivity contribution >= 4 is 11.9 Å². The molecule has 0 aliphatic heterocycles. The van der Waals surface area contributed by atoms with Gasteiger partial charge >= 0.3 is 5.97 Å². The van der Waals surface area contributed by atoms with Crippen molar-refractivity contribution in [3.63, 3.8) is 0 Å². The number of amides is 1. The summed E-state index contributed by atoms with van der Waals surface area (Å²) in [6, 6.07) is -0.640. The van der Waals surface area contributed by atoms with Crippen LogP contribution in [0.3, 0.4) is 0 Å². The average Bonchev–Trinajstić information content (AvgIpc) is 3.11. The first-order valence-electron chi connectivity index (χ1n) is 6.08. The Hall–Kier alpha value is -1.92. The third kappa shape index (κ3) is 2.20. The van der Waals surface area contributed by atoms with Crippen molar-refractivity contribution in [1.82, 2.24) is 15.1 Å². The first-order chi connectivity index (χ1) is 8.92. The summed E-state index contributed by atoms with van der Waals surface area (Å²) in [5.74, 6) is 0.124. The minimum Gasteiger partial charge on any atom is -0.467 e. The minimum absolute atomic E-state index is 0.186. The van der Waals surface area contributed by atoms with E-state index >= 15 is 0 Å². The Morgan fingerprint density at radius 3 is 2.47 bits per heavy atom. The molecule has 104 valence electrons. The van der Waals surface area contributed by atoms with E-state index in [1.165, 1.54) is 12.0 Å². The van der Waals surface area contributed by atoms with E-state index < -0.39 is 17.4 Å². The number of carbonyl (C=O) groups is 2. The summed E-state index contributed by atoms with van der Waals surface area (Å²) in [4.78, 5) is 25.3. The maximum atomic E-state index is 12.5. The molecule has 7 nitrogen and oxygen atoms in total. The number of aryl methyl sites for hydroxylation is 1. The SMILES string of the molecule is COC(=O)[C@@H](C)N(C)C(=O)C1(c2nnc(C)o2)CC1. The van der Waals surface area contributed by atoms with Crippen LogP contribution in [0.25, 0.3) is 0 Å². The number of hydrogen-bond acceptors (Lipinski definition) is 6. The first-order valence-corrected chi connectivity index (χ1v) is 6.08. The van der Waals surface area contributed by atoms with Crippen LogP contribution in [0.15, 0.2) is 4.42 Å². The van der Waals surface area contributed by atoms with Crippen molar-refractivity contribution in [2.24, 2.45) is 0 Å². The molecule has 1 amide bonds. The van der Waals surface area contributed by atoms with Gasteiger partial charge in [-0.2, -0.15) is 0 Å². The van der Waals surface area contributed by atoms with Crippen molar-refractivity contribution in [3.8, 4) is 0 Å². The van der Waals surface area contributed by atoms with Crippen LogP contribution < -0.4 is 0 Å². The molecule has 1 aliphatic carbocycles. The maximum Gasteiger partial charge on any atom is 0.328 e. The predicted octanol–water partition coefficient (Wildman–Crippen LogP) is 0.430. The van der Waals surface area contributed by atoms with Gasteiger partial charge in [-0.05, 0) is 19.8 Å². The number of esters is 1. The molecule has 0 spiro atoms. The van der Waals surface area contributed by atoms with Crippen LogP contribution in [0.5, 0.6) is 0 Å². The summed E-state index contributed by atoms with van der Waals surface area (Å²) in [5, 5.41) is 7.68. The Bertz CT molecular complexity index is 507. The van der Waals surface area contributed by atoms with Gasteiger partial charge in [0.1, 0.15) is 11.5 Å². The molecule has 1 saturated carbocycles. The normalized spacial score (nSPS) is 17.7. The minimum atomic E-state index is -0.752. The second-order valence-corrected chi connectivity index (χ2v) is 4.82. The molecule has 0 N–H and O–H groups in total. The summed E-state index contributed by atoms with van der Waals surface area (Å²) in [5.41, 5.74) is -0.752. The van der Waals surface area contributed by atoms with Crippen molar-refractivity contribution in [1.29, 1.82) is 0 Å². The summed E-state index contributed by atoms with van der Waals surface area (Å²) in [7, 11) is 2.87. The van der Waals surface area contributed by atoms with Crippen LogP contribution in [0.1, 0.15) is 31.5 Å². The zero-order valence-corrected chi connectivity index (χ0v) is 11.5. The number of aromatic nitrogens is 2. The van der Waals surface area contributed by atoms with Crippen molar-refractivity contribution < 1.29 is 18.7 Å². The van der Waals surface area contributed by atoms with E-state index in [0.29, 0.717) is 24.6 Å². The molecule has 0 unspecified atom stereocenters. The lowest BCUT2D eigenvalue weighted by Crippen LogP contribution is -2.45. The van der Waals surface area contributed by atoms with Gasteiger partial charge in [0.25, 0.3) is 0 Å². The van der Waals surface area contributed by atoms with E-state index in [4.69, 9.17) is 4.42 Å². The number of methoxy groups -OCH3 is 1. The molecule has 0 bridgehead atoms. The summed E-state index contributed by atoms with van der Waals surface area (Å²) >= 11 is 0. The second-order valence-electron chi connectivity index (χ2n) is 4.82. The molecule has 7 heteroatoms. The molecule has 1 fully saturated rings. The molecule has 19 heavy (non-hydrogen) atoms. The molecule has 1 aliphatic rings. The number of ether oxygens (including phenoxy) is 1. The van der Waals surface area contributed by atoms with Gasteiger partial charge in [0, 0.05) is 14.0 Å². The van der Waals surface area contributed by atoms with Crippen LogP contribution in [0.2, 0.25) is 0 Å². The average molecular weight is 267 g/mol. The van der Waals surface area contributed by atoms with E-state index in [-0.39, 0.29) is 5.91 Å². The molecule has 2 rings (SSSR count). The second kappa shape index (κ2) is 4.64. The fraction of sp³-hybridized carbons (Fsp3) is 0.667. The number of hydrogen-bond donors (Lipinski definition) is 0. The van der Waals surface area contributed by atoms with Gasteiger partial charge in [0.15, 0.2) is 0 Å². The highest BCUT2D eigenvalue weighted by Crippen LogP contribution is 2.49. The molecule has 1 atom stereocenters. The number of carbonyl (C=O) groups excluding carboxylic acids is 2. The monoisotopic (exact) mass is 267 g/mol. The van der Waals surface area contributed by atoms with Crippen LogP contribution in [-0.2, 0) is 19.7 Å². The Morgan fingerprint density at radius 1 is 1.42 bits per heavy atom. The lowest BCUT2D eigenvalue weighted by Gasteiger charge is -2.25. The van der Waals surface area contributed by atoms with Crippen molar-refractivity contribution in [3.05, 3.63) is 11.8 Å². The summed E-state index contributed by atoms with van der Waals surface area (Å²) in [6.07, 6.45) is 1.32. The van der Waals surface area contributed by atoms with E-state index in [1.54, 1.807) is 20.9 Å². The zero-order chi connectivity index (χ0) is 14.2.